The Labute approximate surface area is 91.0 Å². The highest BCUT2D eigenvalue weighted by Gasteiger charge is 2.42. The van der Waals surface area contributed by atoms with Crippen LogP contribution < -0.4 is 0 Å². The molecule has 92 valence electrons. The van der Waals surface area contributed by atoms with Gasteiger partial charge in [0.15, 0.2) is 0 Å². The Morgan fingerprint density at radius 2 is 1.53 bits per heavy atom. The predicted molar refractivity (Wildman–Crippen MR) is 53.7 cm³/mol. The topological polar surface area (TPSA) is 35.5 Å². The van der Waals surface area contributed by atoms with E-state index < -0.39 is 23.7 Å². The maximum Gasteiger partial charge on any atom is 0.452 e. The number of rotatable bonds is 7. The zero-order chi connectivity index (χ0) is 11.9. The number of hydrogen-bond acceptors (Lipinski definition) is 4. The van der Waals surface area contributed by atoms with E-state index in [9.17, 15) is 17.7 Å². The Kier molecular flexibility index (Phi) is 6.91. The summed E-state index contributed by atoms with van der Waals surface area (Å²) in [5, 5.41) is 0. The van der Waals surface area contributed by atoms with Crippen LogP contribution in [0.4, 0.5) is 13.2 Å². The fraction of sp³-hybridized carbons (Fsp3) is 1.00. The third-order valence-electron chi connectivity index (χ3n) is 1.12. The molecule has 0 atom stereocenters. The third-order valence-corrected chi connectivity index (χ3v) is 4.47. The lowest BCUT2D eigenvalue weighted by atomic mass is 10.5. The second-order valence-electron chi connectivity index (χ2n) is 2.65. The first kappa shape index (κ1) is 15.3. The Bertz CT molecular complexity index is 210. The highest BCUT2D eigenvalue weighted by atomic mass is 32.7. The van der Waals surface area contributed by atoms with Crippen LogP contribution in [-0.4, -0.2) is 18.7 Å². The van der Waals surface area contributed by atoms with E-state index in [-0.39, 0.29) is 13.2 Å². The molecule has 0 bridgehead atoms. The first-order valence-electron chi connectivity index (χ1n) is 4.49. The molecule has 0 fully saturated rings. The molecule has 0 aromatic heterocycles. The van der Waals surface area contributed by atoms with Gasteiger partial charge in [0, 0.05) is 0 Å². The molecule has 3 nitrogen and oxygen atoms in total. The van der Waals surface area contributed by atoms with Gasteiger partial charge in [0.2, 0.25) is 0 Å². The molecule has 15 heavy (non-hydrogen) atoms. The largest absolute Gasteiger partial charge is 0.452 e. The van der Waals surface area contributed by atoms with Crippen LogP contribution in [0.1, 0.15) is 26.7 Å². The summed E-state index contributed by atoms with van der Waals surface area (Å²) in [6, 6.07) is 0. The zero-order valence-electron chi connectivity index (χ0n) is 8.54. The molecule has 0 unspecified atom stereocenters. The summed E-state index contributed by atoms with van der Waals surface area (Å²) in [5.41, 5.74) is -4.61. The van der Waals surface area contributed by atoms with Crippen LogP contribution in [0, 0.1) is 0 Å². The molecule has 0 radical (unpaired) electrons. The summed E-state index contributed by atoms with van der Waals surface area (Å²) >= 11 is -0.705. The summed E-state index contributed by atoms with van der Waals surface area (Å²) in [6.07, 6.45) is 0.968. The van der Waals surface area contributed by atoms with Crippen molar-refractivity contribution in [1.82, 2.24) is 0 Å². The smallest absolute Gasteiger partial charge is 0.301 e. The van der Waals surface area contributed by atoms with Crippen LogP contribution in [0.2, 0.25) is 0 Å². The van der Waals surface area contributed by atoms with E-state index in [0.717, 1.165) is 0 Å². The van der Waals surface area contributed by atoms with Crippen LogP contribution in [0.25, 0.3) is 0 Å². The van der Waals surface area contributed by atoms with Crippen LogP contribution in [0.3, 0.4) is 0 Å². The Morgan fingerprint density at radius 1 is 1.13 bits per heavy atom. The summed E-state index contributed by atoms with van der Waals surface area (Å²) < 4.78 is 56.9. The van der Waals surface area contributed by atoms with E-state index in [4.69, 9.17) is 0 Å². The second-order valence-corrected chi connectivity index (χ2v) is 6.60. The maximum absolute atomic E-state index is 12.0. The first-order valence-corrected chi connectivity index (χ1v) is 7.46. The van der Waals surface area contributed by atoms with Crippen molar-refractivity contribution in [1.29, 1.82) is 0 Å². The monoisotopic (exact) mass is 266 g/mol. The van der Waals surface area contributed by atoms with Gasteiger partial charge in [-0.1, -0.05) is 13.8 Å². The van der Waals surface area contributed by atoms with E-state index in [0.29, 0.717) is 12.8 Å². The van der Waals surface area contributed by atoms with Crippen LogP contribution in [0.15, 0.2) is 0 Å². The molecule has 0 amide bonds. The lowest BCUT2D eigenvalue weighted by Gasteiger charge is -2.17. The maximum atomic E-state index is 12.0. The van der Waals surface area contributed by atoms with E-state index in [1.807, 2.05) is 0 Å². The SMILES string of the molecule is CCCOP(=O)(OCCC)SC(F)(F)F. The van der Waals surface area contributed by atoms with Crippen LogP contribution in [0.5, 0.6) is 0 Å². The van der Waals surface area contributed by atoms with Crippen molar-refractivity contribution in [3.05, 3.63) is 0 Å². The van der Waals surface area contributed by atoms with Crippen molar-refractivity contribution in [3.63, 3.8) is 0 Å². The molecule has 0 spiro atoms. The first-order chi connectivity index (χ1) is 6.83. The van der Waals surface area contributed by atoms with Crippen molar-refractivity contribution in [2.75, 3.05) is 13.2 Å². The minimum atomic E-state index is -4.61. The minimum Gasteiger partial charge on any atom is -0.301 e. The average molecular weight is 266 g/mol. The fourth-order valence-electron chi connectivity index (χ4n) is 0.623. The normalized spacial score (nSPS) is 13.1. The van der Waals surface area contributed by atoms with Gasteiger partial charge in [0.1, 0.15) is 0 Å². The van der Waals surface area contributed by atoms with Crippen molar-refractivity contribution >= 4 is 18.2 Å². The molecule has 0 aliphatic rings. The van der Waals surface area contributed by atoms with Gasteiger partial charge < -0.3 is 9.05 Å². The van der Waals surface area contributed by atoms with Crippen molar-refractivity contribution in [2.24, 2.45) is 0 Å². The molecule has 0 rings (SSSR count). The Balaban J connectivity index is 4.34. The third kappa shape index (κ3) is 8.13. The van der Waals surface area contributed by atoms with E-state index in [2.05, 4.69) is 9.05 Å². The molecular formula is C7H14F3O3PS. The van der Waals surface area contributed by atoms with Gasteiger partial charge in [0.05, 0.1) is 24.6 Å². The van der Waals surface area contributed by atoms with Gasteiger partial charge in [-0.15, -0.1) is 0 Å². The number of hydrogen-bond donors (Lipinski definition) is 0. The zero-order valence-corrected chi connectivity index (χ0v) is 10.3. The van der Waals surface area contributed by atoms with E-state index >= 15 is 0 Å². The standard InChI is InChI=1S/C7H14F3O3PS/c1-3-5-12-14(11,13-6-4-2)15-7(8,9)10/h3-6H2,1-2H3. The van der Waals surface area contributed by atoms with E-state index in [1.54, 1.807) is 13.8 Å². The summed E-state index contributed by atoms with van der Waals surface area (Å²) in [5.74, 6) is 0. The van der Waals surface area contributed by atoms with Gasteiger partial charge >= 0.3 is 12.3 Å². The summed E-state index contributed by atoms with van der Waals surface area (Å²) in [4.78, 5) is 0. The van der Waals surface area contributed by atoms with Gasteiger partial charge in [-0.05, 0) is 12.8 Å². The van der Waals surface area contributed by atoms with Crippen molar-refractivity contribution in [3.8, 4) is 0 Å². The molecule has 8 heteroatoms. The highest BCUT2D eigenvalue weighted by molar-refractivity contribution is 8.55. The lowest BCUT2D eigenvalue weighted by molar-refractivity contribution is -0.0319. The minimum absolute atomic E-state index is 0.00985. The van der Waals surface area contributed by atoms with Crippen molar-refractivity contribution < 1.29 is 26.8 Å². The Morgan fingerprint density at radius 3 is 1.80 bits per heavy atom. The van der Waals surface area contributed by atoms with Crippen molar-refractivity contribution in [2.45, 2.75) is 32.2 Å². The highest BCUT2D eigenvalue weighted by Crippen LogP contribution is 2.66. The molecule has 0 aliphatic heterocycles. The summed E-state index contributed by atoms with van der Waals surface area (Å²) in [6.45, 7) is -0.680. The number of halogens is 3. The molecule has 0 saturated heterocycles. The van der Waals surface area contributed by atoms with Crippen LogP contribution >= 0.6 is 18.2 Å². The molecule has 0 aromatic carbocycles. The van der Waals surface area contributed by atoms with Gasteiger partial charge in [-0.3, -0.25) is 0 Å². The fourth-order valence-corrected chi connectivity index (χ4v) is 3.39. The molecule has 0 saturated carbocycles. The molecule has 0 heterocycles. The van der Waals surface area contributed by atoms with Gasteiger partial charge in [-0.25, -0.2) is 4.57 Å². The lowest BCUT2D eigenvalue weighted by Crippen LogP contribution is -2.04. The number of alkyl halides is 3. The average Bonchev–Trinajstić information content (AvgIpc) is 2.09. The van der Waals surface area contributed by atoms with Gasteiger partial charge in [0.25, 0.3) is 0 Å². The predicted octanol–water partition coefficient (Wildman–Crippen LogP) is 4.20. The molecular weight excluding hydrogens is 252 g/mol. The van der Waals surface area contributed by atoms with E-state index in [1.165, 1.54) is 0 Å². The Hall–Kier alpha value is 0.290. The van der Waals surface area contributed by atoms with Crippen LogP contribution in [-0.2, 0) is 13.6 Å². The second kappa shape index (κ2) is 6.78. The quantitative estimate of drug-likeness (QED) is 0.647. The molecule has 0 aliphatic carbocycles. The molecule has 0 N–H and O–H groups in total. The molecule has 0 aromatic rings. The summed E-state index contributed by atoms with van der Waals surface area (Å²) in [7, 11) is 0. The van der Waals surface area contributed by atoms with Gasteiger partial charge in [-0.2, -0.15) is 13.2 Å².